The van der Waals surface area contributed by atoms with Crippen molar-refractivity contribution < 1.29 is 4.79 Å². The summed E-state index contributed by atoms with van der Waals surface area (Å²) < 4.78 is 0. The van der Waals surface area contributed by atoms with Crippen LogP contribution in [-0.2, 0) is 0 Å². The van der Waals surface area contributed by atoms with Crippen LogP contribution < -0.4 is 0 Å². The molecule has 0 radical (unpaired) electrons. The van der Waals surface area contributed by atoms with Crippen LogP contribution in [0.2, 0.25) is 0 Å². The van der Waals surface area contributed by atoms with Gasteiger partial charge in [-0.3, -0.25) is 9.89 Å². The van der Waals surface area contributed by atoms with Crippen molar-refractivity contribution in [1.29, 1.82) is 0 Å². The number of nitrogens with one attached hydrogen (secondary N) is 1. The van der Waals surface area contributed by atoms with Crippen LogP contribution in [0.3, 0.4) is 0 Å². The van der Waals surface area contributed by atoms with Crippen molar-refractivity contribution in [2.24, 2.45) is 5.41 Å². The fraction of sp³-hybridized carbons (Fsp3) is 0.667. The van der Waals surface area contributed by atoms with E-state index in [1.807, 2.05) is 4.90 Å². The van der Waals surface area contributed by atoms with Crippen LogP contribution in [0.4, 0.5) is 0 Å². The molecule has 2 aliphatic rings. The van der Waals surface area contributed by atoms with E-state index in [1.54, 1.807) is 12.4 Å². The summed E-state index contributed by atoms with van der Waals surface area (Å²) in [5.74, 6) is 0.137. The van der Waals surface area contributed by atoms with Gasteiger partial charge in [-0.2, -0.15) is 5.10 Å². The normalized spacial score (nSPS) is 23.1. The average molecular weight is 219 g/mol. The number of carbonyl (C=O) groups excluding carboxylic acids is 1. The number of H-pyrrole nitrogens is 1. The Labute approximate surface area is 95.0 Å². The second-order valence-electron chi connectivity index (χ2n) is 5.17. The topological polar surface area (TPSA) is 49.0 Å². The SMILES string of the molecule is O=C(c1cn[nH]c1)N1CCC2(CCCC2)C1. The lowest BCUT2D eigenvalue weighted by molar-refractivity contribution is 0.0773. The number of carbonyl (C=O) groups is 1. The highest BCUT2D eigenvalue weighted by Gasteiger charge is 2.41. The van der Waals surface area contributed by atoms with Gasteiger partial charge >= 0.3 is 0 Å². The Morgan fingerprint density at radius 3 is 2.88 bits per heavy atom. The Hall–Kier alpha value is -1.32. The molecule has 2 heterocycles. The molecule has 0 atom stereocenters. The molecule has 1 aliphatic carbocycles. The number of rotatable bonds is 1. The summed E-state index contributed by atoms with van der Waals surface area (Å²) >= 11 is 0. The monoisotopic (exact) mass is 219 g/mol. The molecular formula is C12H17N3O. The summed E-state index contributed by atoms with van der Waals surface area (Å²) in [5, 5.41) is 6.53. The number of nitrogens with zero attached hydrogens (tertiary/aromatic N) is 2. The fourth-order valence-electron chi connectivity index (χ4n) is 3.19. The predicted octanol–water partition coefficient (Wildman–Crippen LogP) is 1.82. The lowest BCUT2D eigenvalue weighted by Crippen LogP contribution is -2.30. The van der Waals surface area contributed by atoms with Crippen molar-refractivity contribution in [1.82, 2.24) is 15.1 Å². The van der Waals surface area contributed by atoms with E-state index in [2.05, 4.69) is 10.2 Å². The molecule has 1 spiro atoms. The molecule has 1 saturated carbocycles. The molecule has 1 aliphatic heterocycles. The minimum atomic E-state index is 0.137. The van der Waals surface area contributed by atoms with Crippen molar-refractivity contribution in [2.45, 2.75) is 32.1 Å². The number of aromatic nitrogens is 2. The molecule has 0 bridgehead atoms. The van der Waals surface area contributed by atoms with Gasteiger partial charge in [-0.1, -0.05) is 12.8 Å². The van der Waals surface area contributed by atoms with E-state index in [0.717, 1.165) is 13.1 Å². The van der Waals surface area contributed by atoms with Crippen LogP contribution in [0.25, 0.3) is 0 Å². The quantitative estimate of drug-likeness (QED) is 0.783. The molecule has 4 heteroatoms. The van der Waals surface area contributed by atoms with Gasteiger partial charge in [0.05, 0.1) is 11.8 Å². The highest BCUT2D eigenvalue weighted by atomic mass is 16.2. The molecular weight excluding hydrogens is 202 g/mol. The van der Waals surface area contributed by atoms with E-state index in [1.165, 1.54) is 32.1 Å². The number of hydrogen-bond acceptors (Lipinski definition) is 2. The van der Waals surface area contributed by atoms with Crippen LogP contribution in [-0.4, -0.2) is 34.1 Å². The van der Waals surface area contributed by atoms with Crippen molar-refractivity contribution >= 4 is 5.91 Å². The lowest BCUT2D eigenvalue weighted by atomic mass is 9.86. The third kappa shape index (κ3) is 1.52. The standard InChI is InChI=1S/C12H17N3O/c16-11(10-7-13-14-8-10)15-6-5-12(9-15)3-1-2-4-12/h7-8H,1-6,9H2,(H,13,14). The fourth-order valence-corrected chi connectivity index (χ4v) is 3.19. The van der Waals surface area contributed by atoms with Gasteiger partial charge in [0.1, 0.15) is 0 Å². The summed E-state index contributed by atoms with van der Waals surface area (Å²) in [6.07, 6.45) is 9.78. The van der Waals surface area contributed by atoms with Crippen molar-refractivity contribution in [3.8, 4) is 0 Å². The molecule has 2 fully saturated rings. The first-order valence-corrected chi connectivity index (χ1v) is 6.07. The molecule has 16 heavy (non-hydrogen) atoms. The van der Waals surface area contributed by atoms with Gasteiger partial charge in [0, 0.05) is 19.3 Å². The average Bonchev–Trinajstić information content (AvgIpc) is 3.01. The van der Waals surface area contributed by atoms with Crippen LogP contribution in [0.15, 0.2) is 12.4 Å². The summed E-state index contributed by atoms with van der Waals surface area (Å²) in [4.78, 5) is 14.1. The van der Waals surface area contributed by atoms with E-state index >= 15 is 0 Å². The second kappa shape index (κ2) is 3.61. The van der Waals surface area contributed by atoms with E-state index < -0.39 is 0 Å². The smallest absolute Gasteiger partial charge is 0.257 e. The number of aromatic amines is 1. The first-order valence-electron chi connectivity index (χ1n) is 6.07. The first-order chi connectivity index (χ1) is 7.79. The van der Waals surface area contributed by atoms with Crippen molar-refractivity contribution in [3.05, 3.63) is 18.0 Å². The van der Waals surface area contributed by atoms with Crippen LogP contribution in [0.5, 0.6) is 0 Å². The molecule has 0 unspecified atom stereocenters. The molecule has 1 N–H and O–H groups in total. The Bertz CT molecular complexity index is 379. The van der Waals surface area contributed by atoms with Crippen molar-refractivity contribution in [2.75, 3.05) is 13.1 Å². The Balaban J connectivity index is 1.72. The van der Waals surface area contributed by atoms with E-state index in [4.69, 9.17) is 0 Å². The van der Waals surface area contributed by atoms with Crippen LogP contribution in [0, 0.1) is 5.41 Å². The highest BCUT2D eigenvalue weighted by Crippen LogP contribution is 2.45. The van der Waals surface area contributed by atoms with E-state index in [-0.39, 0.29) is 5.91 Å². The Morgan fingerprint density at radius 2 is 2.19 bits per heavy atom. The summed E-state index contributed by atoms with van der Waals surface area (Å²) in [6.45, 7) is 1.88. The molecule has 3 rings (SSSR count). The van der Waals surface area contributed by atoms with Crippen molar-refractivity contribution in [3.63, 3.8) is 0 Å². The maximum absolute atomic E-state index is 12.1. The zero-order valence-corrected chi connectivity index (χ0v) is 9.41. The van der Waals surface area contributed by atoms with E-state index in [9.17, 15) is 4.79 Å². The third-order valence-corrected chi connectivity index (χ3v) is 4.13. The van der Waals surface area contributed by atoms with Gasteiger partial charge in [-0.25, -0.2) is 0 Å². The number of amides is 1. The van der Waals surface area contributed by atoms with Crippen LogP contribution in [0.1, 0.15) is 42.5 Å². The minimum absolute atomic E-state index is 0.137. The molecule has 1 saturated heterocycles. The van der Waals surface area contributed by atoms with Crippen LogP contribution >= 0.6 is 0 Å². The van der Waals surface area contributed by atoms with E-state index in [0.29, 0.717) is 11.0 Å². The molecule has 4 nitrogen and oxygen atoms in total. The van der Waals surface area contributed by atoms with Gasteiger partial charge in [-0.15, -0.1) is 0 Å². The van der Waals surface area contributed by atoms with Gasteiger partial charge in [0.25, 0.3) is 5.91 Å². The molecule has 86 valence electrons. The summed E-state index contributed by atoms with van der Waals surface area (Å²) in [5.41, 5.74) is 1.15. The zero-order valence-electron chi connectivity index (χ0n) is 9.41. The molecule has 1 aromatic heterocycles. The van der Waals surface area contributed by atoms with Gasteiger partial charge in [0.2, 0.25) is 0 Å². The van der Waals surface area contributed by atoms with Gasteiger partial charge in [-0.05, 0) is 24.7 Å². The van der Waals surface area contributed by atoms with Gasteiger partial charge < -0.3 is 4.90 Å². The molecule has 1 amide bonds. The number of likely N-dealkylation sites (tertiary alicyclic amines) is 1. The third-order valence-electron chi connectivity index (χ3n) is 4.13. The van der Waals surface area contributed by atoms with Gasteiger partial charge in [0.15, 0.2) is 0 Å². The lowest BCUT2D eigenvalue weighted by Gasteiger charge is -2.23. The molecule has 1 aromatic rings. The molecule has 0 aromatic carbocycles. The Kier molecular flexibility index (Phi) is 2.23. The minimum Gasteiger partial charge on any atom is -0.338 e. The summed E-state index contributed by atoms with van der Waals surface area (Å²) in [7, 11) is 0. The number of hydrogen-bond donors (Lipinski definition) is 1. The second-order valence-corrected chi connectivity index (χ2v) is 5.17. The summed E-state index contributed by atoms with van der Waals surface area (Å²) in [6, 6.07) is 0. The highest BCUT2D eigenvalue weighted by molar-refractivity contribution is 5.93. The maximum atomic E-state index is 12.1. The Morgan fingerprint density at radius 1 is 1.38 bits per heavy atom. The predicted molar refractivity (Wildman–Crippen MR) is 60.0 cm³/mol. The zero-order chi connectivity index (χ0) is 11.0. The first kappa shape index (κ1) is 9.87. The largest absolute Gasteiger partial charge is 0.338 e. The maximum Gasteiger partial charge on any atom is 0.257 e.